The molecule has 0 aromatic heterocycles. The Hall–Kier alpha value is -2.04. The summed E-state index contributed by atoms with van der Waals surface area (Å²) in [5.74, 6) is -0.880. The smallest absolute Gasteiger partial charge is 0.321 e. The van der Waals surface area contributed by atoms with Gasteiger partial charge >= 0.3 is 12.0 Å². The van der Waals surface area contributed by atoms with Crippen LogP contribution in [0.15, 0.2) is 24.3 Å². The fourth-order valence-electron chi connectivity index (χ4n) is 2.42. The van der Waals surface area contributed by atoms with Gasteiger partial charge in [-0.2, -0.15) is 0 Å². The summed E-state index contributed by atoms with van der Waals surface area (Å²) >= 11 is 0. The topological polar surface area (TPSA) is 69.6 Å². The third kappa shape index (κ3) is 3.73. The summed E-state index contributed by atoms with van der Waals surface area (Å²) in [6, 6.07) is 6.84. The number of anilines is 1. The lowest BCUT2D eigenvalue weighted by molar-refractivity contribution is -0.136. The first kappa shape index (κ1) is 14.4. The molecule has 0 unspecified atom stereocenters. The molecule has 108 valence electrons. The molecule has 2 amide bonds. The van der Waals surface area contributed by atoms with Crippen molar-refractivity contribution in [1.82, 2.24) is 4.90 Å². The van der Waals surface area contributed by atoms with Crippen LogP contribution in [0.2, 0.25) is 0 Å². The second-order valence-corrected chi connectivity index (χ2v) is 6.04. The number of urea groups is 1. The van der Waals surface area contributed by atoms with E-state index in [0.717, 1.165) is 19.5 Å². The predicted octanol–water partition coefficient (Wildman–Crippen LogP) is 2.58. The zero-order valence-corrected chi connectivity index (χ0v) is 11.8. The number of nitrogens with zero attached hydrogens (tertiary/aromatic N) is 1. The lowest BCUT2D eigenvalue weighted by Gasteiger charge is -2.20. The number of aliphatic carboxylic acids is 1. The molecule has 1 saturated heterocycles. The Morgan fingerprint density at radius 2 is 2.15 bits per heavy atom. The van der Waals surface area contributed by atoms with E-state index in [2.05, 4.69) is 19.2 Å². The Balaban J connectivity index is 1.99. The maximum absolute atomic E-state index is 12.1. The highest BCUT2D eigenvalue weighted by molar-refractivity contribution is 5.89. The van der Waals surface area contributed by atoms with Crippen molar-refractivity contribution in [3.8, 4) is 0 Å². The van der Waals surface area contributed by atoms with Crippen LogP contribution in [0.4, 0.5) is 10.5 Å². The second kappa shape index (κ2) is 5.53. The van der Waals surface area contributed by atoms with Crippen molar-refractivity contribution in [3.63, 3.8) is 0 Å². The summed E-state index contributed by atoms with van der Waals surface area (Å²) in [4.78, 5) is 24.6. The van der Waals surface area contributed by atoms with E-state index < -0.39 is 5.97 Å². The molecule has 1 aromatic rings. The number of hydrogen-bond donors (Lipinski definition) is 2. The molecule has 0 radical (unpaired) electrons. The van der Waals surface area contributed by atoms with Gasteiger partial charge in [0, 0.05) is 18.8 Å². The molecule has 1 fully saturated rings. The zero-order chi connectivity index (χ0) is 14.8. The fourth-order valence-corrected chi connectivity index (χ4v) is 2.42. The Morgan fingerprint density at radius 1 is 1.40 bits per heavy atom. The minimum absolute atomic E-state index is 0.0412. The molecular weight excluding hydrogens is 256 g/mol. The number of benzene rings is 1. The van der Waals surface area contributed by atoms with Gasteiger partial charge in [0.15, 0.2) is 0 Å². The highest BCUT2D eigenvalue weighted by atomic mass is 16.4. The number of carboxylic acids is 1. The second-order valence-electron chi connectivity index (χ2n) is 6.04. The van der Waals surface area contributed by atoms with Crippen LogP contribution in [-0.2, 0) is 11.2 Å². The molecular formula is C15H20N2O3. The number of carbonyl (C=O) groups excluding carboxylic acids is 1. The minimum Gasteiger partial charge on any atom is -0.481 e. The average Bonchev–Trinajstić information content (AvgIpc) is 2.69. The standard InChI is InChI=1S/C15H20N2O3/c1-15(2)6-7-17(10-15)14(20)16-12-5-3-4-11(8-12)9-13(18)19/h3-5,8H,6-7,9-10H2,1-2H3,(H,16,20)(H,18,19). The molecule has 1 aliphatic heterocycles. The van der Waals surface area contributed by atoms with Gasteiger partial charge in [-0.25, -0.2) is 4.79 Å². The highest BCUT2D eigenvalue weighted by Crippen LogP contribution is 2.29. The summed E-state index contributed by atoms with van der Waals surface area (Å²) in [7, 11) is 0. The molecule has 0 spiro atoms. The Kier molecular flexibility index (Phi) is 3.97. The quantitative estimate of drug-likeness (QED) is 0.891. The number of carbonyl (C=O) groups is 2. The monoisotopic (exact) mass is 276 g/mol. The van der Waals surface area contributed by atoms with Gasteiger partial charge < -0.3 is 15.3 Å². The fraction of sp³-hybridized carbons (Fsp3) is 0.467. The number of likely N-dealkylation sites (tertiary alicyclic amines) is 1. The molecule has 2 N–H and O–H groups in total. The summed E-state index contributed by atoms with van der Waals surface area (Å²) < 4.78 is 0. The number of amides is 2. The molecule has 2 rings (SSSR count). The first-order valence-corrected chi connectivity index (χ1v) is 6.72. The van der Waals surface area contributed by atoms with Crippen molar-refractivity contribution in [1.29, 1.82) is 0 Å². The van der Waals surface area contributed by atoms with Crippen molar-refractivity contribution in [2.75, 3.05) is 18.4 Å². The molecule has 0 atom stereocenters. The van der Waals surface area contributed by atoms with E-state index >= 15 is 0 Å². The van der Waals surface area contributed by atoms with Crippen molar-refractivity contribution in [2.24, 2.45) is 5.41 Å². The van der Waals surface area contributed by atoms with Gasteiger partial charge in [-0.1, -0.05) is 26.0 Å². The first-order chi connectivity index (χ1) is 9.35. The number of nitrogens with one attached hydrogen (secondary N) is 1. The normalized spacial score (nSPS) is 17.0. The van der Waals surface area contributed by atoms with Crippen LogP contribution in [0, 0.1) is 5.41 Å². The van der Waals surface area contributed by atoms with Gasteiger partial charge in [-0.15, -0.1) is 0 Å². The van der Waals surface area contributed by atoms with E-state index in [1.54, 1.807) is 29.2 Å². The van der Waals surface area contributed by atoms with Crippen LogP contribution < -0.4 is 5.32 Å². The maximum Gasteiger partial charge on any atom is 0.321 e. The highest BCUT2D eigenvalue weighted by Gasteiger charge is 2.31. The lowest BCUT2D eigenvalue weighted by atomic mass is 9.93. The summed E-state index contributed by atoms with van der Waals surface area (Å²) in [5.41, 5.74) is 1.48. The van der Waals surface area contributed by atoms with Gasteiger partial charge in [0.05, 0.1) is 6.42 Å². The van der Waals surface area contributed by atoms with E-state index in [1.165, 1.54) is 0 Å². The average molecular weight is 276 g/mol. The van der Waals surface area contributed by atoms with Crippen molar-refractivity contribution >= 4 is 17.7 Å². The van der Waals surface area contributed by atoms with Gasteiger partial charge in [0.25, 0.3) is 0 Å². The van der Waals surface area contributed by atoms with Crippen molar-refractivity contribution < 1.29 is 14.7 Å². The molecule has 1 heterocycles. The van der Waals surface area contributed by atoms with Crippen LogP contribution in [0.1, 0.15) is 25.8 Å². The number of carboxylic acid groups (broad SMARTS) is 1. The van der Waals surface area contributed by atoms with Gasteiger partial charge in [0.2, 0.25) is 0 Å². The minimum atomic E-state index is -0.880. The molecule has 0 bridgehead atoms. The van der Waals surface area contributed by atoms with Gasteiger partial charge in [-0.05, 0) is 29.5 Å². The largest absolute Gasteiger partial charge is 0.481 e. The van der Waals surface area contributed by atoms with Crippen molar-refractivity contribution in [2.45, 2.75) is 26.7 Å². The van der Waals surface area contributed by atoms with Crippen LogP contribution in [0.25, 0.3) is 0 Å². The zero-order valence-electron chi connectivity index (χ0n) is 11.8. The van der Waals surface area contributed by atoms with E-state index in [1.807, 2.05) is 0 Å². The Morgan fingerprint density at radius 3 is 2.75 bits per heavy atom. The molecule has 0 saturated carbocycles. The lowest BCUT2D eigenvalue weighted by Crippen LogP contribution is -2.34. The SMILES string of the molecule is CC1(C)CCN(C(=O)Nc2cccc(CC(=O)O)c2)C1. The third-order valence-corrected chi connectivity index (χ3v) is 3.50. The molecule has 0 aliphatic carbocycles. The Bertz CT molecular complexity index is 526. The number of hydrogen-bond acceptors (Lipinski definition) is 2. The molecule has 5 nitrogen and oxygen atoms in total. The van der Waals surface area contributed by atoms with Crippen LogP contribution >= 0.6 is 0 Å². The van der Waals surface area contributed by atoms with Crippen LogP contribution in [-0.4, -0.2) is 35.1 Å². The summed E-state index contributed by atoms with van der Waals surface area (Å²) in [6.45, 7) is 5.79. The van der Waals surface area contributed by atoms with E-state index in [-0.39, 0.29) is 17.9 Å². The molecule has 1 aromatic carbocycles. The molecule has 1 aliphatic rings. The summed E-state index contributed by atoms with van der Waals surface area (Å²) in [6.07, 6.45) is 0.958. The van der Waals surface area contributed by atoms with E-state index in [0.29, 0.717) is 11.3 Å². The van der Waals surface area contributed by atoms with Crippen LogP contribution in [0.3, 0.4) is 0 Å². The maximum atomic E-state index is 12.1. The predicted molar refractivity (Wildman–Crippen MR) is 76.8 cm³/mol. The van der Waals surface area contributed by atoms with Gasteiger partial charge in [0.1, 0.15) is 0 Å². The van der Waals surface area contributed by atoms with E-state index in [4.69, 9.17) is 5.11 Å². The first-order valence-electron chi connectivity index (χ1n) is 6.72. The third-order valence-electron chi connectivity index (χ3n) is 3.50. The van der Waals surface area contributed by atoms with Crippen LogP contribution in [0.5, 0.6) is 0 Å². The van der Waals surface area contributed by atoms with Crippen molar-refractivity contribution in [3.05, 3.63) is 29.8 Å². The van der Waals surface area contributed by atoms with E-state index in [9.17, 15) is 9.59 Å². The van der Waals surface area contributed by atoms with Gasteiger partial charge in [-0.3, -0.25) is 4.79 Å². The summed E-state index contributed by atoms with van der Waals surface area (Å²) in [5, 5.41) is 11.6. The Labute approximate surface area is 118 Å². The molecule has 20 heavy (non-hydrogen) atoms. The number of rotatable bonds is 3. The molecule has 5 heteroatoms.